The van der Waals surface area contributed by atoms with Crippen LogP contribution in [0.2, 0.25) is 0 Å². The van der Waals surface area contributed by atoms with E-state index in [4.69, 9.17) is 19.3 Å². The third-order valence-corrected chi connectivity index (χ3v) is 13.2. The van der Waals surface area contributed by atoms with Crippen LogP contribution in [0.4, 0.5) is 24.5 Å². The largest absolute Gasteiger partial charge is 0.459 e. The van der Waals surface area contributed by atoms with Crippen LogP contribution in [0, 0.1) is 0 Å². The van der Waals surface area contributed by atoms with Gasteiger partial charge in [-0.05, 0) is 132 Å². The highest BCUT2D eigenvalue weighted by Crippen LogP contribution is 2.35. The number of aromatic nitrogens is 1. The Morgan fingerprint density at radius 1 is 0.803 bits per heavy atom. The minimum absolute atomic E-state index is 0.106. The van der Waals surface area contributed by atoms with Gasteiger partial charge in [0.25, 0.3) is 11.8 Å². The van der Waals surface area contributed by atoms with Gasteiger partial charge in [-0.1, -0.05) is 38.1 Å². The lowest BCUT2D eigenvalue weighted by atomic mass is 10.0. The molecule has 0 saturated carbocycles. The number of alkyl halides is 3. The summed E-state index contributed by atoms with van der Waals surface area (Å²) in [6.45, 7) is 15.7. The minimum Gasteiger partial charge on any atom is -0.459 e. The number of anilines is 2. The molecular formula is C54H70F3N5O8S. The van der Waals surface area contributed by atoms with Gasteiger partial charge in [0.05, 0.1) is 42.4 Å². The minimum atomic E-state index is -4.50. The van der Waals surface area contributed by atoms with E-state index in [1.54, 1.807) is 44.7 Å². The Morgan fingerprint density at radius 2 is 1.52 bits per heavy atom. The average Bonchev–Trinajstić information content (AvgIpc) is 3.32. The zero-order chi connectivity index (χ0) is 51.8. The highest BCUT2D eigenvalue weighted by Gasteiger charge is 2.31. The van der Waals surface area contributed by atoms with E-state index in [9.17, 15) is 32.3 Å². The van der Waals surface area contributed by atoms with Crippen LogP contribution >= 0.6 is 11.8 Å². The number of esters is 1. The molecule has 0 unspecified atom stereocenters. The van der Waals surface area contributed by atoms with Gasteiger partial charge in [-0.2, -0.15) is 24.9 Å². The van der Waals surface area contributed by atoms with Gasteiger partial charge < -0.3 is 39.8 Å². The van der Waals surface area contributed by atoms with E-state index in [1.165, 1.54) is 29.3 Å². The van der Waals surface area contributed by atoms with E-state index < -0.39 is 34.8 Å². The standard InChI is InChI=1S/C54H70F3N5O8S/c1-51(2,3)70-48(65)36-62(26-29-68-30-27-63)47(64)19-21-52(4,5)69-28-22-53(6,7)71-37-39-14-11-15-40(31-39)50(67)60-45-18-17-43(61-24-9-8-10-25-61)34-44(45)46-33-41(20-23-58-46)49(66)59-35-38-13-12-16-42(32-38)54(55,56)57/h11-18,20,23,31-34,63H,8-10,19,21-22,24-30,35-37H2,1-7H3,(H,59,66)(H,60,67). The Bertz CT molecular complexity index is 2420. The van der Waals surface area contributed by atoms with Gasteiger partial charge in [-0.25, -0.2) is 0 Å². The molecule has 2 heterocycles. The second-order valence-corrected chi connectivity index (χ2v) is 21.6. The number of pyridine rings is 1. The van der Waals surface area contributed by atoms with Crippen molar-refractivity contribution in [3.63, 3.8) is 0 Å². The van der Waals surface area contributed by atoms with Crippen molar-refractivity contribution >= 4 is 46.8 Å². The second-order valence-electron chi connectivity index (χ2n) is 19.9. The molecule has 5 rings (SSSR count). The van der Waals surface area contributed by atoms with E-state index >= 15 is 0 Å². The van der Waals surface area contributed by atoms with Crippen molar-refractivity contribution in [2.45, 2.75) is 121 Å². The van der Waals surface area contributed by atoms with Crippen LogP contribution in [-0.4, -0.2) is 107 Å². The summed E-state index contributed by atoms with van der Waals surface area (Å²) in [4.78, 5) is 61.6. The molecule has 4 aromatic rings. The van der Waals surface area contributed by atoms with E-state index in [1.807, 2.05) is 50.2 Å². The Morgan fingerprint density at radius 3 is 2.24 bits per heavy atom. The lowest BCUT2D eigenvalue weighted by Gasteiger charge is -2.30. The van der Waals surface area contributed by atoms with Crippen LogP contribution in [0.1, 0.15) is 124 Å². The number of amides is 3. The molecule has 71 heavy (non-hydrogen) atoms. The van der Waals surface area contributed by atoms with Crippen LogP contribution in [0.3, 0.4) is 0 Å². The highest BCUT2D eigenvalue weighted by atomic mass is 32.2. The lowest BCUT2D eigenvalue weighted by molar-refractivity contribution is -0.159. The van der Waals surface area contributed by atoms with E-state index in [0.29, 0.717) is 53.3 Å². The quantitative estimate of drug-likeness (QED) is 0.0453. The first-order valence-electron chi connectivity index (χ1n) is 24.2. The first kappa shape index (κ1) is 56.4. The maximum atomic E-state index is 14.0. The molecule has 1 fully saturated rings. The number of carbonyl (C=O) groups is 4. The zero-order valence-electron chi connectivity index (χ0n) is 42.1. The fourth-order valence-corrected chi connectivity index (χ4v) is 8.75. The molecule has 0 radical (unpaired) electrons. The number of benzene rings is 3. The van der Waals surface area contributed by atoms with Gasteiger partial charge in [0.1, 0.15) is 12.1 Å². The molecule has 3 amide bonds. The fourth-order valence-electron chi connectivity index (χ4n) is 7.79. The number of halogens is 3. The summed E-state index contributed by atoms with van der Waals surface area (Å²) in [5.41, 5.74) is 2.40. The number of carbonyl (C=O) groups excluding carboxylic acids is 4. The SMILES string of the molecule is CC(C)(C)OC(=O)CN(CCOCCO)C(=O)CCC(C)(C)OCCC(C)(C)SCc1cccc(C(=O)Nc2ccc(N3CCCCC3)cc2-c2cc(C(=O)NCc3cccc(C(F)(F)F)c3)ccn2)c1. The van der Waals surface area contributed by atoms with Crippen molar-refractivity contribution < 1.29 is 51.7 Å². The molecule has 1 saturated heterocycles. The van der Waals surface area contributed by atoms with Crippen LogP contribution in [-0.2, 0) is 42.3 Å². The molecule has 0 aliphatic carbocycles. The summed E-state index contributed by atoms with van der Waals surface area (Å²) < 4.78 is 56.9. The summed E-state index contributed by atoms with van der Waals surface area (Å²) >= 11 is 1.74. The zero-order valence-corrected chi connectivity index (χ0v) is 42.9. The lowest BCUT2D eigenvalue weighted by Crippen LogP contribution is -2.41. The summed E-state index contributed by atoms with van der Waals surface area (Å²) in [7, 11) is 0. The summed E-state index contributed by atoms with van der Waals surface area (Å²) in [5, 5.41) is 14.9. The van der Waals surface area contributed by atoms with E-state index in [0.717, 1.165) is 55.7 Å². The van der Waals surface area contributed by atoms with Gasteiger partial charge in [0, 0.05) is 78.3 Å². The predicted octanol–water partition coefficient (Wildman–Crippen LogP) is 10.1. The van der Waals surface area contributed by atoms with Crippen molar-refractivity contribution in [3.05, 3.63) is 113 Å². The van der Waals surface area contributed by atoms with Crippen LogP contribution in [0.5, 0.6) is 0 Å². The maximum absolute atomic E-state index is 14.0. The molecule has 17 heteroatoms. The van der Waals surface area contributed by atoms with Crippen molar-refractivity contribution in [1.29, 1.82) is 0 Å². The van der Waals surface area contributed by atoms with Gasteiger partial charge in [0.15, 0.2) is 0 Å². The summed E-state index contributed by atoms with van der Waals surface area (Å²) in [6, 6.07) is 21.2. The number of piperidine rings is 1. The number of hydrogen-bond acceptors (Lipinski definition) is 11. The normalized spacial score (nSPS) is 13.4. The number of aliphatic hydroxyl groups is 1. The molecule has 386 valence electrons. The van der Waals surface area contributed by atoms with Crippen LogP contribution in [0.25, 0.3) is 11.3 Å². The molecule has 1 aliphatic heterocycles. The Hall–Kier alpha value is -5.49. The number of nitrogens with zero attached hydrogens (tertiary/aromatic N) is 3. The Labute approximate surface area is 420 Å². The summed E-state index contributed by atoms with van der Waals surface area (Å²) in [5.74, 6) is -0.910. The summed E-state index contributed by atoms with van der Waals surface area (Å²) in [6.07, 6.45) is 1.55. The van der Waals surface area contributed by atoms with Crippen molar-refractivity contribution in [3.8, 4) is 11.3 Å². The third-order valence-electron chi connectivity index (χ3n) is 11.8. The van der Waals surface area contributed by atoms with Gasteiger partial charge in [-0.3, -0.25) is 24.2 Å². The third kappa shape index (κ3) is 18.9. The van der Waals surface area contributed by atoms with E-state index in [-0.39, 0.29) is 68.0 Å². The second kappa shape index (κ2) is 25.8. The topological polar surface area (TPSA) is 160 Å². The van der Waals surface area contributed by atoms with Crippen molar-refractivity contribution in [2.75, 3.05) is 62.8 Å². The van der Waals surface area contributed by atoms with Crippen molar-refractivity contribution in [1.82, 2.24) is 15.2 Å². The smallest absolute Gasteiger partial charge is 0.416 e. The molecule has 0 atom stereocenters. The molecule has 0 spiro atoms. The van der Waals surface area contributed by atoms with Gasteiger partial charge in [-0.15, -0.1) is 0 Å². The number of nitrogens with one attached hydrogen (secondary N) is 2. The monoisotopic (exact) mass is 1010 g/mol. The fraction of sp³-hybridized carbons (Fsp3) is 0.500. The number of aliphatic hydroxyl groups excluding tert-OH is 1. The number of ether oxygens (including phenoxy) is 3. The molecule has 1 aliphatic rings. The predicted molar refractivity (Wildman–Crippen MR) is 272 cm³/mol. The first-order chi connectivity index (χ1) is 33.5. The van der Waals surface area contributed by atoms with Crippen LogP contribution in [0.15, 0.2) is 85.1 Å². The molecule has 0 bridgehead atoms. The molecule has 3 N–H and O–H groups in total. The average molecular weight is 1010 g/mol. The highest BCUT2D eigenvalue weighted by molar-refractivity contribution is 7.99. The molecule has 1 aromatic heterocycles. The van der Waals surface area contributed by atoms with Gasteiger partial charge >= 0.3 is 12.1 Å². The Balaban J connectivity index is 1.19. The van der Waals surface area contributed by atoms with Crippen LogP contribution < -0.4 is 15.5 Å². The number of rotatable bonds is 24. The Kier molecular flexibility index (Phi) is 20.5. The maximum Gasteiger partial charge on any atom is 0.416 e. The number of hydrogen-bond donors (Lipinski definition) is 3. The van der Waals surface area contributed by atoms with Gasteiger partial charge in [0.2, 0.25) is 5.91 Å². The van der Waals surface area contributed by atoms with E-state index in [2.05, 4.69) is 34.4 Å². The molecule has 3 aromatic carbocycles. The van der Waals surface area contributed by atoms with Crippen molar-refractivity contribution in [2.24, 2.45) is 0 Å². The first-order valence-corrected chi connectivity index (χ1v) is 25.2. The molecule has 13 nitrogen and oxygen atoms in total. The number of thioether (sulfide) groups is 1. The molecular weight excluding hydrogens is 936 g/mol.